The number of amides is 3. The van der Waals surface area contributed by atoms with E-state index < -0.39 is 0 Å². The number of fused-ring (bicyclic) bond motifs is 1. The molecule has 2 aliphatic rings. The molecule has 1 fully saturated rings. The van der Waals surface area contributed by atoms with Gasteiger partial charge in [-0.05, 0) is 50.1 Å². The Morgan fingerprint density at radius 2 is 1.78 bits per heavy atom. The Labute approximate surface area is 212 Å². The summed E-state index contributed by atoms with van der Waals surface area (Å²) in [5.41, 5.74) is 1.37. The van der Waals surface area contributed by atoms with E-state index in [9.17, 15) is 14.4 Å². The zero-order valence-electron chi connectivity index (χ0n) is 21.4. The maximum absolute atomic E-state index is 13.5. The number of hydrogen-bond donors (Lipinski definition) is 1. The van der Waals surface area contributed by atoms with Crippen molar-refractivity contribution in [3.63, 3.8) is 0 Å². The number of benzene rings is 2. The quantitative estimate of drug-likeness (QED) is 0.702. The number of carbonyl (C=O) groups excluding carboxylic acids is 3. The van der Waals surface area contributed by atoms with Gasteiger partial charge in [-0.3, -0.25) is 14.4 Å². The van der Waals surface area contributed by atoms with E-state index in [1.807, 2.05) is 24.8 Å². The van der Waals surface area contributed by atoms with Crippen LogP contribution in [-0.2, 0) is 9.53 Å². The molecule has 1 aliphatic heterocycles. The number of hydrogen-bond acceptors (Lipinski definition) is 5. The van der Waals surface area contributed by atoms with Gasteiger partial charge in [0.2, 0.25) is 5.91 Å². The molecule has 0 aromatic heterocycles. The number of ether oxygens (including phenoxy) is 2. The third-order valence-corrected chi connectivity index (χ3v) is 6.95. The minimum Gasteiger partial charge on any atom is -0.491 e. The third-order valence-electron chi connectivity index (χ3n) is 6.95. The van der Waals surface area contributed by atoms with E-state index in [0.29, 0.717) is 35.7 Å². The summed E-state index contributed by atoms with van der Waals surface area (Å²) in [4.78, 5) is 42.8. The Hall–Kier alpha value is -3.39. The maximum atomic E-state index is 13.5. The highest BCUT2D eigenvalue weighted by molar-refractivity contribution is 6.05. The molecular formula is C28H35N3O5. The summed E-state index contributed by atoms with van der Waals surface area (Å²) >= 11 is 0. The standard InChI is InChI=1S/C28H35N3O5/c1-18-15-31(27(33)21-10-11-21)19(2)17-36-24-13-12-22(29-26(32)20-8-6-5-7-9-20)14-23(24)28(34)30(3)16-25(18)35-4/h5-9,12-14,18-19,21,25H,10-11,15-17H2,1-4H3,(H,29,32)/t18-,19-,25-/m0/s1. The van der Waals surface area contributed by atoms with Crippen molar-refractivity contribution >= 4 is 23.4 Å². The first kappa shape index (κ1) is 25.7. The number of rotatable bonds is 4. The lowest BCUT2D eigenvalue weighted by Crippen LogP contribution is -2.49. The number of likely N-dealkylation sites (N-methyl/N-ethyl adjacent to an activating group) is 1. The van der Waals surface area contributed by atoms with Crippen LogP contribution < -0.4 is 10.1 Å². The first-order valence-electron chi connectivity index (χ1n) is 12.5. The molecule has 0 spiro atoms. The van der Waals surface area contributed by atoms with E-state index in [4.69, 9.17) is 9.47 Å². The minimum absolute atomic E-state index is 0.0193. The van der Waals surface area contributed by atoms with E-state index in [-0.39, 0.29) is 48.3 Å². The van der Waals surface area contributed by atoms with Crippen LogP contribution in [0.1, 0.15) is 47.4 Å². The fourth-order valence-electron chi connectivity index (χ4n) is 4.52. The predicted molar refractivity (Wildman–Crippen MR) is 137 cm³/mol. The Balaban J connectivity index is 1.63. The molecule has 3 atom stereocenters. The second-order valence-electron chi connectivity index (χ2n) is 9.89. The summed E-state index contributed by atoms with van der Waals surface area (Å²) in [5.74, 6) is 0.203. The van der Waals surface area contributed by atoms with E-state index in [0.717, 1.165) is 12.8 Å². The molecule has 1 aliphatic carbocycles. The second-order valence-corrected chi connectivity index (χ2v) is 9.89. The zero-order chi connectivity index (χ0) is 25.8. The Morgan fingerprint density at radius 3 is 2.44 bits per heavy atom. The van der Waals surface area contributed by atoms with Crippen LogP contribution in [0.15, 0.2) is 48.5 Å². The van der Waals surface area contributed by atoms with Crippen LogP contribution in [0.25, 0.3) is 0 Å². The van der Waals surface area contributed by atoms with Gasteiger partial charge in [-0.15, -0.1) is 0 Å². The molecule has 1 N–H and O–H groups in total. The fraction of sp³-hybridized carbons (Fsp3) is 0.464. The fourth-order valence-corrected chi connectivity index (χ4v) is 4.52. The van der Waals surface area contributed by atoms with Gasteiger partial charge in [-0.1, -0.05) is 25.1 Å². The molecule has 2 aromatic rings. The van der Waals surface area contributed by atoms with Crippen LogP contribution in [0.4, 0.5) is 5.69 Å². The largest absolute Gasteiger partial charge is 0.491 e. The molecule has 4 rings (SSSR count). The van der Waals surface area contributed by atoms with Gasteiger partial charge in [0, 0.05) is 50.3 Å². The molecule has 0 radical (unpaired) electrons. The Bertz CT molecular complexity index is 1100. The van der Waals surface area contributed by atoms with Crippen LogP contribution in [0, 0.1) is 11.8 Å². The highest BCUT2D eigenvalue weighted by Crippen LogP contribution is 2.33. The molecule has 1 heterocycles. The molecule has 8 nitrogen and oxygen atoms in total. The lowest BCUT2D eigenvalue weighted by molar-refractivity contribution is -0.136. The number of nitrogens with zero attached hydrogens (tertiary/aromatic N) is 2. The summed E-state index contributed by atoms with van der Waals surface area (Å²) in [6.07, 6.45) is 1.62. The highest BCUT2D eigenvalue weighted by Gasteiger charge is 2.37. The lowest BCUT2D eigenvalue weighted by Gasteiger charge is -2.36. The van der Waals surface area contributed by atoms with E-state index in [2.05, 4.69) is 5.32 Å². The average molecular weight is 494 g/mol. The van der Waals surface area contributed by atoms with Crippen molar-refractivity contribution in [2.24, 2.45) is 11.8 Å². The molecule has 3 amide bonds. The van der Waals surface area contributed by atoms with Crippen LogP contribution in [-0.4, -0.2) is 73.5 Å². The van der Waals surface area contributed by atoms with Gasteiger partial charge in [0.1, 0.15) is 12.4 Å². The van der Waals surface area contributed by atoms with Crippen LogP contribution in [0.2, 0.25) is 0 Å². The van der Waals surface area contributed by atoms with Crippen molar-refractivity contribution < 1.29 is 23.9 Å². The molecule has 8 heteroatoms. The van der Waals surface area contributed by atoms with Crippen LogP contribution in [0.5, 0.6) is 5.75 Å². The number of methoxy groups -OCH3 is 1. The van der Waals surface area contributed by atoms with Crippen molar-refractivity contribution in [1.82, 2.24) is 9.80 Å². The van der Waals surface area contributed by atoms with Gasteiger partial charge in [-0.2, -0.15) is 0 Å². The van der Waals surface area contributed by atoms with Crippen molar-refractivity contribution in [3.8, 4) is 5.75 Å². The molecule has 0 saturated heterocycles. The third kappa shape index (κ3) is 5.87. The van der Waals surface area contributed by atoms with Gasteiger partial charge in [0.15, 0.2) is 0 Å². The van der Waals surface area contributed by atoms with E-state index >= 15 is 0 Å². The van der Waals surface area contributed by atoms with Gasteiger partial charge in [0.25, 0.3) is 11.8 Å². The predicted octanol–water partition coefficient (Wildman–Crippen LogP) is 3.68. The number of anilines is 1. The SMILES string of the molecule is CO[C@H]1CN(C)C(=O)c2cc(NC(=O)c3ccccc3)ccc2OC[C@H](C)N(C(=O)C2CC2)C[C@@H]1C. The molecular weight excluding hydrogens is 458 g/mol. The topological polar surface area (TPSA) is 88.2 Å². The average Bonchev–Trinajstić information content (AvgIpc) is 3.74. The van der Waals surface area contributed by atoms with Gasteiger partial charge in [0.05, 0.1) is 17.7 Å². The Kier molecular flexibility index (Phi) is 7.94. The van der Waals surface area contributed by atoms with Crippen molar-refractivity contribution in [3.05, 3.63) is 59.7 Å². The number of carbonyl (C=O) groups is 3. The van der Waals surface area contributed by atoms with Crippen molar-refractivity contribution in [2.75, 3.05) is 39.2 Å². The van der Waals surface area contributed by atoms with Gasteiger partial charge < -0.3 is 24.6 Å². The van der Waals surface area contributed by atoms with Crippen molar-refractivity contribution in [2.45, 2.75) is 38.8 Å². The van der Waals surface area contributed by atoms with Crippen LogP contribution >= 0.6 is 0 Å². The summed E-state index contributed by atoms with van der Waals surface area (Å²) in [7, 11) is 3.36. The summed E-state index contributed by atoms with van der Waals surface area (Å²) in [5, 5.41) is 2.86. The normalized spacial score (nSPS) is 23.1. The van der Waals surface area contributed by atoms with Crippen molar-refractivity contribution in [1.29, 1.82) is 0 Å². The Morgan fingerprint density at radius 1 is 1.06 bits per heavy atom. The van der Waals surface area contributed by atoms with E-state index in [1.54, 1.807) is 61.5 Å². The first-order valence-corrected chi connectivity index (χ1v) is 12.5. The van der Waals surface area contributed by atoms with Gasteiger partial charge >= 0.3 is 0 Å². The smallest absolute Gasteiger partial charge is 0.257 e. The van der Waals surface area contributed by atoms with Gasteiger partial charge in [-0.25, -0.2) is 0 Å². The summed E-state index contributed by atoms with van der Waals surface area (Å²) in [6.45, 7) is 5.17. The molecule has 0 unspecified atom stereocenters. The maximum Gasteiger partial charge on any atom is 0.257 e. The van der Waals surface area contributed by atoms with E-state index in [1.165, 1.54) is 0 Å². The molecule has 0 bridgehead atoms. The zero-order valence-corrected chi connectivity index (χ0v) is 21.4. The molecule has 192 valence electrons. The minimum atomic E-state index is -0.262. The molecule has 36 heavy (non-hydrogen) atoms. The van der Waals surface area contributed by atoms with Crippen LogP contribution in [0.3, 0.4) is 0 Å². The summed E-state index contributed by atoms with van der Waals surface area (Å²) < 4.78 is 11.9. The highest BCUT2D eigenvalue weighted by atomic mass is 16.5. The number of nitrogens with one attached hydrogen (secondary N) is 1. The molecule has 1 saturated carbocycles. The summed E-state index contributed by atoms with van der Waals surface area (Å²) in [6, 6.07) is 13.8. The second kappa shape index (κ2) is 11.1. The lowest BCUT2D eigenvalue weighted by atomic mass is 10.0. The monoisotopic (exact) mass is 493 g/mol. The first-order chi connectivity index (χ1) is 17.3. The molecule has 2 aromatic carbocycles.